The second-order valence-electron chi connectivity index (χ2n) is 4.96. The van der Waals surface area contributed by atoms with Gasteiger partial charge in [0.15, 0.2) is 0 Å². The van der Waals surface area contributed by atoms with Crippen molar-refractivity contribution in [1.82, 2.24) is 0 Å². The summed E-state index contributed by atoms with van der Waals surface area (Å²) in [5.74, 6) is -0.424. The highest BCUT2D eigenvalue weighted by atomic mass is 16.6. The normalized spacial score (nSPS) is 11.1. The predicted octanol–water partition coefficient (Wildman–Crippen LogP) is 3.78. The number of nitrogens with zero attached hydrogens (tertiary/aromatic N) is 1. The average Bonchev–Trinajstić information content (AvgIpc) is 2.59. The van der Waals surface area contributed by atoms with Crippen molar-refractivity contribution in [2.45, 2.75) is 12.8 Å². The van der Waals surface area contributed by atoms with Crippen LogP contribution in [-0.2, 0) is 16.0 Å². The molecule has 0 atom stereocenters. The Labute approximate surface area is 134 Å². The predicted molar refractivity (Wildman–Crippen MR) is 87.9 cm³/mol. The van der Waals surface area contributed by atoms with Gasteiger partial charge in [-0.25, -0.2) is 4.79 Å². The van der Waals surface area contributed by atoms with E-state index in [0.29, 0.717) is 24.0 Å². The number of benzene rings is 2. The van der Waals surface area contributed by atoms with E-state index in [0.717, 1.165) is 5.56 Å². The van der Waals surface area contributed by atoms with Crippen molar-refractivity contribution in [3.05, 3.63) is 81.4 Å². The van der Waals surface area contributed by atoms with Crippen molar-refractivity contribution >= 4 is 17.7 Å². The zero-order chi connectivity index (χ0) is 16.7. The van der Waals surface area contributed by atoms with Crippen LogP contribution in [0.15, 0.2) is 60.2 Å². The van der Waals surface area contributed by atoms with Gasteiger partial charge in [-0.3, -0.25) is 10.1 Å². The number of methoxy groups -OCH3 is 1. The molecule has 0 aliphatic heterocycles. The number of ether oxygens (including phenoxy) is 1. The maximum Gasteiger partial charge on any atom is 0.333 e. The van der Waals surface area contributed by atoms with E-state index in [1.54, 1.807) is 24.3 Å². The monoisotopic (exact) mass is 311 g/mol. The molecule has 118 valence electrons. The minimum Gasteiger partial charge on any atom is -0.466 e. The Balaban J connectivity index is 2.22. The minimum absolute atomic E-state index is 0.0661. The molecular weight excluding hydrogens is 294 g/mol. The van der Waals surface area contributed by atoms with Gasteiger partial charge < -0.3 is 4.74 Å². The first-order valence-corrected chi connectivity index (χ1v) is 7.18. The Morgan fingerprint density at radius 2 is 1.78 bits per heavy atom. The highest BCUT2D eigenvalue weighted by Gasteiger charge is 2.15. The summed E-state index contributed by atoms with van der Waals surface area (Å²) in [6.45, 7) is 0. The molecule has 0 amide bonds. The van der Waals surface area contributed by atoms with Crippen molar-refractivity contribution < 1.29 is 14.5 Å². The molecule has 2 rings (SSSR count). The fourth-order valence-corrected chi connectivity index (χ4v) is 2.28. The quantitative estimate of drug-likeness (QED) is 0.352. The summed E-state index contributed by atoms with van der Waals surface area (Å²) < 4.78 is 4.81. The van der Waals surface area contributed by atoms with E-state index < -0.39 is 10.9 Å². The first kappa shape index (κ1) is 16.4. The molecule has 0 saturated carbocycles. The summed E-state index contributed by atoms with van der Waals surface area (Å²) in [5.41, 5.74) is 2.03. The topological polar surface area (TPSA) is 69.4 Å². The molecule has 5 nitrogen and oxygen atoms in total. The lowest BCUT2D eigenvalue weighted by molar-refractivity contribution is -0.385. The molecular formula is C18H17NO4. The summed E-state index contributed by atoms with van der Waals surface area (Å²) >= 11 is 0. The number of hydrogen-bond acceptors (Lipinski definition) is 4. The minimum atomic E-state index is -0.424. The van der Waals surface area contributed by atoms with Crippen molar-refractivity contribution in [3.8, 4) is 0 Å². The first-order valence-electron chi connectivity index (χ1n) is 7.18. The third-order valence-electron chi connectivity index (χ3n) is 3.44. The molecule has 0 fully saturated rings. The van der Waals surface area contributed by atoms with Crippen molar-refractivity contribution in [1.29, 1.82) is 0 Å². The van der Waals surface area contributed by atoms with Crippen LogP contribution < -0.4 is 0 Å². The first-order chi connectivity index (χ1) is 11.1. The molecule has 0 radical (unpaired) electrons. The zero-order valence-electron chi connectivity index (χ0n) is 12.8. The lowest BCUT2D eigenvalue weighted by Gasteiger charge is -2.07. The van der Waals surface area contributed by atoms with Crippen LogP contribution in [0.4, 0.5) is 5.69 Å². The van der Waals surface area contributed by atoms with Crippen LogP contribution in [0, 0.1) is 10.1 Å². The van der Waals surface area contributed by atoms with E-state index >= 15 is 0 Å². The molecule has 0 aromatic heterocycles. The van der Waals surface area contributed by atoms with Crippen molar-refractivity contribution in [2.75, 3.05) is 7.11 Å². The van der Waals surface area contributed by atoms with Gasteiger partial charge in [-0.1, -0.05) is 48.5 Å². The smallest absolute Gasteiger partial charge is 0.333 e. The number of nitro groups is 1. The largest absolute Gasteiger partial charge is 0.466 e. The Morgan fingerprint density at radius 1 is 1.13 bits per heavy atom. The highest BCUT2D eigenvalue weighted by Crippen LogP contribution is 2.22. The molecule has 2 aromatic carbocycles. The van der Waals surface area contributed by atoms with E-state index in [9.17, 15) is 14.9 Å². The summed E-state index contributed by atoms with van der Waals surface area (Å²) in [4.78, 5) is 22.6. The van der Waals surface area contributed by atoms with Gasteiger partial charge in [0.25, 0.3) is 5.69 Å². The van der Waals surface area contributed by atoms with Crippen molar-refractivity contribution in [3.63, 3.8) is 0 Å². The molecule has 0 saturated heterocycles. The Morgan fingerprint density at radius 3 is 2.43 bits per heavy atom. The molecule has 0 bridgehead atoms. The van der Waals surface area contributed by atoms with Crippen LogP contribution in [0.2, 0.25) is 0 Å². The van der Waals surface area contributed by atoms with Crippen LogP contribution in [0.5, 0.6) is 0 Å². The molecule has 0 N–H and O–H groups in total. The molecule has 0 spiro atoms. The molecule has 0 aliphatic carbocycles. The molecule has 5 heteroatoms. The lowest BCUT2D eigenvalue weighted by Crippen LogP contribution is -2.06. The van der Waals surface area contributed by atoms with Crippen LogP contribution in [-0.4, -0.2) is 18.0 Å². The van der Waals surface area contributed by atoms with E-state index in [1.807, 2.05) is 30.3 Å². The van der Waals surface area contributed by atoms with Gasteiger partial charge in [0, 0.05) is 17.2 Å². The Kier molecular flexibility index (Phi) is 5.63. The van der Waals surface area contributed by atoms with Crippen LogP contribution in [0.25, 0.3) is 6.08 Å². The molecule has 0 aliphatic rings. The van der Waals surface area contributed by atoms with Crippen LogP contribution >= 0.6 is 0 Å². The SMILES string of the molecule is COC(=O)/C(=C\c1ccccc1)CCc1ccccc1[N+](=O)[O-]. The number of esters is 1. The highest BCUT2D eigenvalue weighted by molar-refractivity contribution is 5.93. The van der Waals surface area contributed by atoms with Gasteiger partial charge in [-0.2, -0.15) is 0 Å². The maximum atomic E-state index is 11.9. The third kappa shape index (κ3) is 4.51. The van der Waals surface area contributed by atoms with Crippen molar-refractivity contribution in [2.24, 2.45) is 0 Å². The van der Waals surface area contributed by atoms with Gasteiger partial charge in [-0.15, -0.1) is 0 Å². The van der Waals surface area contributed by atoms with Gasteiger partial charge in [0.05, 0.1) is 12.0 Å². The van der Waals surface area contributed by atoms with Gasteiger partial charge in [0.1, 0.15) is 0 Å². The van der Waals surface area contributed by atoms with Crippen LogP contribution in [0.1, 0.15) is 17.5 Å². The van der Waals surface area contributed by atoms with Gasteiger partial charge in [0.2, 0.25) is 0 Å². The van der Waals surface area contributed by atoms with E-state index in [-0.39, 0.29) is 5.69 Å². The van der Waals surface area contributed by atoms with E-state index in [2.05, 4.69) is 0 Å². The number of nitro benzene ring substituents is 1. The number of carbonyl (C=O) groups is 1. The molecule has 2 aromatic rings. The number of hydrogen-bond donors (Lipinski definition) is 0. The second kappa shape index (κ2) is 7.89. The Bertz CT molecular complexity index is 723. The summed E-state index contributed by atoms with van der Waals surface area (Å²) in [6.07, 6.45) is 2.51. The van der Waals surface area contributed by atoms with E-state index in [4.69, 9.17) is 4.74 Å². The second-order valence-corrected chi connectivity index (χ2v) is 4.96. The lowest BCUT2D eigenvalue weighted by atomic mass is 10.0. The summed E-state index contributed by atoms with van der Waals surface area (Å²) in [6, 6.07) is 16.0. The standard InChI is InChI=1S/C18H17NO4/c1-23-18(20)16(13-14-7-3-2-4-8-14)12-11-15-9-5-6-10-17(15)19(21)22/h2-10,13H,11-12H2,1H3/b16-13-. The van der Waals surface area contributed by atoms with Gasteiger partial charge >= 0.3 is 5.97 Å². The molecule has 0 heterocycles. The maximum absolute atomic E-state index is 11.9. The third-order valence-corrected chi connectivity index (χ3v) is 3.44. The number of aryl methyl sites for hydroxylation is 1. The Hall–Kier alpha value is -2.95. The fraction of sp³-hybridized carbons (Fsp3) is 0.167. The number of para-hydroxylation sites is 1. The average molecular weight is 311 g/mol. The number of rotatable bonds is 6. The summed E-state index contributed by atoms with van der Waals surface area (Å²) in [7, 11) is 1.33. The van der Waals surface area contributed by atoms with Crippen LogP contribution in [0.3, 0.4) is 0 Å². The van der Waals surface area contributed by atoms with E-state index in [1.165, 1.54) is 13.2 Å². The fourth-order valence-electron chi connectivity index (χ4n) is 2.28. The zero-order valence-corrected chi connectivity index (χ0v) is 12.8. The molecule has 0 unspecified atom stereocenters. The number of carbonyl (C=O) groups excluding carboxylic acids is 1. The molecule has 23 heavy (non-hydrogen) atoms. The van der Waals surface area contributed by atoms with Gasteiger partial charge in [-0.05, 0) is 24.5 Å². The summed E-state index contributed by atoms with van der Waals surface area (Å²) in [5, 5.41) is 11.0.